The Hall–Kier alpha value is -3.19. The molecular weight excluding hydrogens is 290 g/mol. The summed E-state index contributed by atoms with van der Waals surface area (Å²) in [7, 11) is 3.16. The summed E-state index contributed by atoms with van der Waals surface area (Å²) in [5.74, 6) is 3.61. The summed E-state index contributed by atoms with van der Waals surface area (Å²) >= 11 is 0. The maximum Gasteiger partial charge on any atom is 0.248 e. The largest absolute Gasteiger partial charge is 0.497 e. The summed E-state index contributed by atoms with van der Waals surface area (Å²) in [4.78, 5) is 12.0. The quantitative estimate of drug-likeness (QED) is 0.681. The van der Waals surface area contributed by atoms with Gasteiger partial charge in [0.2, 0.25) is 5.91 Å². The van der Waals surface area contributed by atoms with Crippen LogP contribution in [0, 0.1) is 12.3 Å². The minimum atomic E-state index is -0.260. The number of terminal acetylenes is 1. The van der Waals surface area contributed by atoms with Crippen LogP contribution < -0.4 is 14.8 Å². The number of nitrogens with one attached hydrogen (secondary N) is 1. The SMILES string of the molecule is C#Cc1cccc(NC(=O)/C=C\c2cc(OC)ccc2OC)c1. The molecule has 0 saturated heterocycles. The van der Waals surface area contributed by atoms with Crippen LogP contribution in [0.25, 0.3) is 6.08 Å². The highest BCUT2D eigenvalue weighted by Gasteiger charge is 2.03. The molecule has 0 aliphatic heterocycles. The third kappa shape index (κ3) is 4.39. The van der Waals surface area contributed by atoms with Gasteiger partial charge in [-0.3, -0.25) is 4.79 Å². The predicted molar refractivity (Wildman–Crippen MR) is 91.6 cm³/mol. The highest BCUT2D eigenvalue weighted by Crippen LogP contribution is 2.25. The van der Waals surface area contributed by atoms with E-state index in [4.69, 9.17) is 15.9 Å². The number of anilines is 1. The van der Waals surface area contributed by atoms with Gasteiger partial charge in [-0.1, -0.05) is 12.0 Å². The lowest BCUT2D eigenvalue weighted by Gasteiger charge is -2.07. The molecule has 0 bridgehead atoms. The molecule has 0 fully saturated rings. The number of carbonyl (C=O) groups excluding carboxylic acids is 1. The Balaban J connectivity index is 2.13. The lowest BCUT2D eigenvalue weighted by molar-refractivity contribution is -0.111. The lowest BCUT2D eigenvalue weighted by Crippen LogP contribution is -2.07. The van der Waals surface area contributed by atoms with Crippen molar-refractivity contribution >= 4 is 17.7 Å². The molecule has 23 heavy (non-hydrogen) atoms. The third-order valence-electron chi connectivity index (χ3n) is 3.15. The van der Waals surface area contributed by atoms with Crippen LogP contribution in [0.4, 0.5) is 5.69 Å². The van der Waals surface area contributed by atoms with Crippen LogP contribution in [0.2, 0.25) is 0 Å². The van der Waals surface area contributed by atoms with Gasteiger partial charge in [-0.25, -0.2) is 0 Å². The van der Waals surface area contributed by atoms with Crippen molar-refractivity contribution in [1.29, 1.82) is 0 Å². The molecule has 1 N–H and O–H groups in total. The molecular formula is C19H17NO3. The van der Waals surface area contributed by atoms with Gasteiger partial charge < -0.3 is 14.8 Å². The van der Waals surface area contributed by atoms with E-state index in [9.17, 15) is 4.79 Å². The number of methoxy groups -OCH3 is 2. The van der Waals surface area contributed by atoms with Crippen molar-refractivity contribution in [3.05, 3.63) is 59.7 Å². The minimum Gasteiger partial charge on any atom is -0.497 e. The van der Waals surface area contributed by atoms with Crippen molar-refractivity contribution in [2.24, 2.45) is 0 Å². The van der Waals surface area contributed by atoms with E-state index in [0.29, 0.717) is 22.7 Å². The molecule has 0 saturated carbocycles. The zero-order valence-corrected chi connectivity index (χ0v) is 13.0. The lowest BCUT2D eigenvalue weighted by atomic mass is 10.1. The van der Waals surface area contributed by atoms with Gasteiger partial charge in [-0.15, -0.1) is 6.42 Å². The Labute approximate surface area is 135 Å². The molecule has 116 valence electrons. The van der Waals surface area contributed by atoms with Crippen LogP contribution in [0.15, 0.2) is 48.5 Å². The average molecular weight is 307 g/mol. The molecule has 4 heteroatoms. The number of hydrogen-bond acceptors (Lipinski definition) is 3. The van der Waals surface area contributed by atoms with Crippen LogP contribution in [0.3, 0.4) is 0 Å². The average Bonchev–Trinajstić information content (AvgIpc) is 2.59. The summed E-state index contributed by atoms with van der Waals surface area (Å²) in [6, 6.07) is 12.5. The van der Waals surface area contributed by atoms with Crippen molar-refractivity contribution in [3.63, 3.8) is 0 Å². The van der Waals surface area contributed by atoms with Gasteiger partial charge in [0, 0.05) is 22.9 Å². The first-order chi connectivity index (χ1) is 11.2. The van der Waals surface area contributed by atoms with Crippen molar-refractivity contribution in [2.75, 3.05) is 19.5 Å². The Kier molecular flexibility index (Phi) is 5.43. The van der Waals surface area contributed by atoms with Gasteiger partial charge in [0.1, 0.15) is 11.5 Å². The van der Waals surface area contributed by atoms with Crippen LogP contribution in [0.5, 0.6) is 11.5 Å². The molecule has 0 aliphatic rings. The van der Waals surface area contributed by atoms with Gasteiger partial charge >= 0.3 is 0 Å². The molecule has 0 atom stereocenters. The minimum absolute atomic E-state index is 0.260. The van der Waals surface area contributed by atoms with E-state index in [2.05, 4.69) is 11.2 Å². The summed E-state index contributed by atoms with van der Waals surface area (Å²) < 4.78 is 10.4. The molecule has 0 aromatic heterocycles. The monoisotopic (exact) mass is 307 g/mol. The highest BCUT2D eigenvalue weighted by atomic mass is 16.5. The number of amides is 1. The first-order valence-electron chi connectivity index (χ1n) is 6.94. The topological polar surface area (TPSA) is 47.6 Å². The van der Waals surface area contributed by atoms with Gasteiger partial charge in [0.15, 0.2) is 0 Å². The van der Waals surface area contributed by atoms with E-state index in [1.165, 1.54) is 6.08 Å². The number of carbonyl (C=O) groups is 1. The summed E-state index contributed by atoms with van der Waals surface area (Å²) in [5.41, 5.74) is 2.10. The molecule has 0 spiro atoms. The van der Waals surface area contributed by atoms with Crippen LogP contribution in [0.1, 0.15) is 11.1 Å². The fourth-order valence-corrected chi connectivity index (χ4v) is 2.01. The fourth-order valence-electron chi connectivity index (χ4n) is 2.01. The molecule has 2 aromatic carbocycles. The molecule has 2 aromatic rings. The first kappa shape index (κ1) is 16.2. The molecule has 0 radical (unpaired) electrons. The first-order valence-corrected chi connectivity index (χ1v) is 6.94. The maximum absolute atomic E-state index is 12.0. The molecule has 2 rings (SSSR count). The van der Waals surface area contributed by atoms with Crippen LogP contribution >= 0.6 is 0 Å². The van der Waals surface area contributed by atoms with E-state index >= 15 is 0 Å². The van der Waals surface area contributed by atoms with Crippen LogP contribution in [-0.4, -0.2) is 20.1 Å². The smallest absolute Gasteiger partial charge is 0.248 e. The van der Waals surface area contributed by atoms with Crippen molar-refractivity contribution in [2.45, 2.75) is 0 Å². The maximum atomic E-state index is 12.0. The second-order valence-corrected chi connectivity index (χ2v) is 4.66. The molecule has 1 amide bonds. The Morgan fingerprint density at radius 3 is 2.70 bits per heavy atom. The van der Waals surface area contributed by atoms with Crippen molar-refractivity contribution < 1.29 is 14.3 Å². The third-order valence-corrected chi connectivity index (χ3v) is 3.15. The summed E-state index contributed by atoms with van der Waals surface area (Å²) in [6.07, 6.45) is 8.44. The van der Waals surface area contributed by atoms with E-state index in [1.54, 1.807) is 62.8 Å². The second-order valence-electron chi connectivity index (χ2n) is 4.66. The zero-order valence-electron chi connectivity index (χ0n) is 13.0. The Morgan fingerprint density at radius 1 is 1.17 bits per heavy atom. The molecule has 4 nitrogen and oxygen atoms in total. The van der Waals surface area contributed by atoms with Gasteiger partial charge in [-0.05, 0) is 42.5 Å². The normalized spacial score (nSPS) is 10.1. The molecule has 0 aliphatic carbocycles. The molecule has 0 unspecified atom stereocenters. The van der Waals surface area contributed by atoms with Gasteiger partial charge in [0.05, 0.1) is 14.2 Å². The van der Waals surface area contributed by atoms with E-state index in [-0.39, 0.29) is 5.91 Å². The van der Waals surface area contributed by atoms with E-state index in [1.807, 2.05) is 0 Å². The van der Waals surface area contributed by atoms with Gasteiger partial charge in [0.25, 0.3) is 0 Å². The zero-order chi connectivity index (χ0) is 16.7. The Morgan fingerprint density at radius 2 is 2.00 bits per heavy atom. The standard InChI is InChI=1S/C19H17NO3/c1-4-14-6-5-7-16(12-14)20-19(21)11-8-15-13-17(22-2)9-10-18(15)23-3/h1,5-13H,2-3H3,(H,20,21)/b11-8-. The number of ether oxygens (including phenoxy) is 2. The number of rotatable bonds is 5. The fraction of sp³-hybridized carbons (Fsp3) is 0.105. The van der Waals surface area contributed by atoms with Crippen molar-refractivity contribution in [1.82, 2.24) is 0 Å². The second kappa shape index (κ2) is 7.71. The summed E-state index contributed by atoms with van der Waals surface area (Å²) in [6.45, 7) is 0. The van der Waals surface area contributed by atoms with Gasteiger partial charge in [-0.2, -0.15) is 0 Å². The van der Waals surface area contributed by atoms with Crippen molar-refractivity contribution in [3.8, 4) is 23.8 Å². The Bertz CT molecular complexity index is 772. The van der Waals surface area contributed by atoms with Crippen LogP contribution in [-0.2, 0) is 4.79 Å². The number of benzene rings is 2. The van der Waals surface area contributed by atoms with E-state index < -0.39 is 0 Å². The predicted octanol–water partition coefficient (Wildman–Crippen LogP) is 3.34. The molecule has 0 heterocycles. The summed E-state index contributed by atoms with van der Waals surface area (Å²) in [5, 5.41) is 2.76. The van der Waals surface area contributed by atoms with E-state index in [0.717, 1.165) is 5.56 Å². The highest BCUT2D eigenvalue weighted by molar-refractivity contribution is 6.02. The number of hydrogen-bond donors (Lipinski definition) is 1.